The normalized spacial score (nSPS) is 17.0. The third kappa shape index (κ3) is 12.1. The van der Waals surface area contributed by atoms with E-state index in [1.165, 1.54) is 38.5 Å². The summed E-state index contributed by atoms with van der Waals surface area (Å²) in [6.45, 7) is 5.51. The third-order valence-corrected chi connectivity index (χ3v) is 3.71. The summed E-state index contributed by atoms with van der Waals surface area (Å²) in [6.07, 6.45) is 8.21. The number of rotatable bonds is 13. The van der Waals surface area contributed by atoms with Crippen molar-refractivity contribution in [3.05, 3.63) is 0 Å². The zero-order chi connectivity index (χ0) is 15.0. The van der Waals surface area contributed by atoms with Crippen molar-refractivity contribution in [1.82, 2.24) is 5.32 Å². The maximum Gasteiger partial charge on any atom is 0.0701 e. The molecule has 0 unspecified atom stereocenters. The predicted molar refractivity (Wildman–Crippen MR) is 83.8 cm³/mol. The van der Waals surface area contributed by atoms with Crippen LogP contribution in [0.3, 0.4) is 0 Å². The van der Waals surface area contributed by atoms with Crippen molar-refractivity contribution in [1.29, 1.82) is 0 Å². The Bertz CT molecular complexity index is 208. The first-order chi connectivity index (χ1) is 10.4. The van der Waals surface area contributed by atoms with Crippen LogP contribution < -0.4 is 5.32 Å². The highest BCUT2D eigenvalue weighted by Crippen LogP contribution is 2.16. The van der Waals surface area contributed by atoms with E-state index in [4.69, 9.17) is 18.9 Å². The molecule has 1 saturated carbocycles. The van der Waals surface area contributed by atoms with E-state index < -0.39 is 0 Å². The molecular weight excluding hydrogens is 270 g/mol. The molecule has 1 aliphatic rings. The molecule has 0 atom stereocenters. The van der Waals surface area contributed by atoms with Crippen molar-refractivity contribution in [2.75, 3.05) is 59.9 Å². The van der Waals surface area contributed by atoms with Gasteiger partial charge in [0.2, 0.25) is 0 Å². The number of nitrogens with one attached hydrogen (secondary N) is 1. The van der Waals surface area contributed by atoms with Crippen molar-refractivity contribution in [3.8, 4) is 0 Å². The van der Waals surface area contributed by atoms with Gasteiger partial charge in [-0.25, -0.2) is 0 Å². The topological polar surface area (TPSA) is 49.0 Å². The average Bonchev–Trinajstić information content (AvgIpc) is 2.77. The van der Waals surface area contributed by atoms with E-state index >= 15 is 0 Å². The summed E-state index contributed by atoms with van der Waals surface area (Å²) in [5.74, 6) is 0. The van der Waals surface area contributed by atoms with Gasteiger partial charge in [-0.3, -0.25) is 0 Å². The molecule has 1 fully saturated rings. The minimum atomic E-state index is 0.618. The Labute approximate surface area is 129 Å². The van der Waals surface area contributed by atoms with Gasteiger partial charge in [-0.2, -0.15) is 0 Å². The van der Waals surface area contributed by atoms with Gasteiger partial charge in [0, 0.05) is 19.7 Å². The average molecular weight is 303 g/mol. The van der Waals surface area contributed by atoms with E-state index in [0.717, 1.165) is 13.2 Å². The van der Waals surface area contributed by atoms with E-state index in [2.05, 4.69) is 5.32 Å². The second-order valence-corrected chi connectivity index (χ2v) is 5.47. The Hall–Kier alpha value is -0.200. The third-order valence-electron chi connectivity index (χ3n) is 3.71. The first-order valence-electron chi connectivity index (χ1n) is 8.39. The van der Waals surface area contributed by atoms with Crippen LogP contribution in [-0.2, 0) is 18.9 Å². The first kappa shape index (κ1) is 18.8. The molecule has 0 aromatic rings. The van der Waals surface area contributed by atoms with Gasteiger partial charge in [-0.15, -0.1) is 0 Å². The molecule has 1 aliphatic carbocycles. The van der Waals surface area contributed by atoms with E-state index in [1.807, 2.05) is 0 Å². The molecule has 0 radical (unpaired) electrons. The molecule has 0 aliphatic heterocycles. The standard InChI is InChI=1S/C16H33NO4/c1-18-10-11-20-14-15-21-13-12-19-9-8-17-16-6-4-2-3-5-7-16/h16-17H,2-15H2,1H3. The highest BCUT2D eigenvalue weighted by molar-refractivity contribution is 4.70. The predicted octanol–water partition coefficient (Wildman–Crippen LogP) is 1.99. The zero-order valence-electron chi connectivity index (χ0n) is 13.6. The highest BCUT2D eigenvalue weighted by Gasteiger charge is 2.10. The smallest absolute Gasteiger partial charge is 0.0701 e. The molecule has 126 valence electrons. The van der Waals surface area contributed by atoms with E-state index in [-0.39, 0.29) is 0 Å². The van der Waals surface area contributed by atoms with Gasteiger partial charge < -0.3 is 24.3 Å². The Morgan fingerprint density at radius 3 is 1.81 bits per heavy atom. The fourth-order valence-corrected chi connectivity index (χ4v) is 2.50. The number of ether oxygens (including phenoxy) is 4. The molecule has 5 nitrogen and oxygen atoms in total. The van der Waals surface area contributed by atoms with Gasteiger partial charge in [0.25, 0.3) is 0 Å². The molecule has 1 N–H and O–H groups in total. The maximum absolute atomic E-state index is 5.55. The van der Waals surface area contributed by atoms with Gasteiger partial charge in [0.15, 0.2) is 0 Å². The molecule has 5 heteroatoms. The number of hydrogen-bond acceptors (Lipinski definition) is 5. The van der Waals surface area contributed by atoms with Crippen LogP contribution >= 0.6 is 0 Å². The lowest BCUT2D eigenvalue weighted by molar-refractivity contribution is 0.00390. The molecule has 0 aromatic carbocycles. The van der Waals surface area contributed by atoms with Crippen molar-refractivity contribution >= 4 is 0 Å². The van der Waals surface area contributed by atoms with Crippen LogP contribution in [0.25, 0.3) is 0 Å². The fourth-order valence-electron chi connectivity index (χ4n) is 2.50. The van der Waals surface area contributed by atoms with Crippen LogP contribution in [-0.4, -0.2) is 65.9 Å². The summed E-state index contributed by atoms with van der Waals surface area (Å²) in [4.78, 5) is 0. The van der Waals surface area contributed by atoms with Gasteiger partial charge in [0.05, 0.1) is 46.2 Å². The SMILES string of the molecule is COCCOCCOCCOCCNC1CCCCCC1. The minimum absolute atomic E-state index is 0.618. The van der Waals surface area contributed by atoms with Crippen LogP contribution in [0.15, 0.2) is 0 Å². The molecule has 0 spiro atoms. The Balaban J connectivity index is 1.74. The molecule has 0 bridgehead atoms. The van der Waals surface area contributed by atoms with Gasteiger partial charge in [0.1, 0.15) is 0 Å². The van der Waals surface area contributed by atoms with Gasteiger partial charge in [-0.1, -0.05) is 25.7 Å². The summed E-state index contributed by atoms with van der Waals surface area (Å²) >= 11 is 0. The molecule has 1 rings (SSSR count). The van der Waals surface area contributed by atoms with E-state index in [1.54, 1.807) is 7.11 Å². The lowest BCUT2D eigenvalue weighted by Crippen LogP contribution is -2.31. The quantitative estimate of drug-likeness (QED) is 0.416. The summed E-state index contributed by atoms with van der Waals surface area (Å²) in [6, 6.07) is 0.705. The van der Waals surface area contributed by atoms with Gasteiger partial charge in [-0.05, 0) is 12.8 Å². The molecule has 21 heavy (non-hydrogen) atoms. The van der Waals surface area contributed by atoms with Crippen molar-refractivity contribution in [3.63, 3.8) is 0 Å². The minimum Gasteiger partial charge on any atom is -0.382 e. The lowest BCUT2D eigenvalue weighted by atomic mass is 10.1. The van der Waals surface area contributed by atoms with Crippen LogP contribution in [0.1, 0.15) is 38.5 Å². The van der Waals surface area contributed by atoms with E-state index in [9.17, 15) is 0 Å². The Morgan fingerprint density at radius 2 is 1.24 bits per heavy atom. The van der Waals surface area contributed by atoms with Crippen molar-refractivity contribution in [2.45, 2.75) is 44.6 Å². The molecule has 0 saturated heterocycles. The van der Waals surface area contributed by atoms with E-state index in [0.29, 0.717) is 45.7 Å². The van der Waals surface area contributed by atoms with Crippen LogP contribution in [0.4, 0.5) is 0 Å². The van der Waals surface area contributed by atoms with Crippen LogP contribution in [0.5, 0.6) is 0 Å². The monoisotopic (exact) mass is 303 g/mol. The summed E-state index contributed by atoms with van der Waals surface area (Å²) in [7, 11) is 1.67. The number of hydrogen-bond donors (Lipinski definition) is 1. The van der Waals surface area contributed by atoms with Gasteiger partial charge >= 0.3 is 0 Å². The number of methoxy groups -OCH3 is 1. The second kappa shape index (κ2) is 14.7. The Morgan fingerprint density at radius 1 is 0.714 bits per heavy atom. The second-order valence-electron chi connectivity index (χ2n) is 5.47. The summed E-state index contributed by atoms with van der Waals surface area (Å²) in [5.41, 5.74) is 0. The molecule has 0 amide bonds. The summed E-state index contributed by atoms with van der Waals surface area (Å²) < 4.78 is 21.1. The summed E-state index contributed by atoms with van der Waals surface area (Å²) in [5, 5.41) is 3.59. The largest absolute Gasteiger partial charge is 0.382 e. The van der Waals surface area contributed by atoms with Crippen LogP contribution in [0, 0.1) is 0 Å². The lowest BCUT2D eigenvalue weighted by Gasteiger charge is -2.16. The van der Waals surface area contributed by atoms with Crippen LogP contribution in [0.2, 0.25) is 0 Å². The van der Waals surface area contributed by atoms with Crippen molar-refractivity contribution < 1.29 is 18.9 Å². The van der Waals surface area contributed by atoms with Crippen molar-refractivity contribution in [2.24, 2.45) is 0 Å². The molecule has 0 heterocycles. The Kier molecular flexibility index (Phi) is 13.2. The first-order valence-corrected chi connectivity index (χ1v) is 8.39. The zero-order valence-corrected chi connectivity index (χ0v) is 13.6. The molecular formula is C16H33NO4. The molecule has 0 aromatic heterocycles. The fraction of sp³-hybridized carbons (Fsp3) is 1.00. The maximum atomic E-state index is 5.55. The highest BCUT2D eigenvalue weighted by atomic mass is 16.6.